The summed E-state index contributed by atoms with van der Waals surface area (Å²) in [4.78, 5) is 28.7. The molecule has 6 heteroatoms. The Morgan fingerprint density at radius 3 is 2.41 bits per heavy atom. The first-order valence-electron chi connectivity index (χ1n) is 9.11. The smallest absolute Gasteiger partial charge is 0.251 e. The van der Waals surface area contributed by atoms with E-state index in [0.29, 0.717) is 18.7 Å². The quantitative estimate of drug-likeness (QED) is 0.861. The van der Waals surface area contributed by atoms with Crippen LogP contribution in [0.2, 0.25) is 5.02 Å². The first-order chi connectivity index (χ1) is 13.0. The minimum Gasteiger partial charge on any atom is -0.343 e. The van der Waals surface area contributed by atoms with Gasteiger partial charge in [0.1, 0.15) is 0 Å². The first-order valence-corrected chi connectivity index (χ1v) is 9.48. The van der Waals surface area contributed by atoms with Gasteiger partial charge in [-0.25, -0.2) is 0 Å². The van der Waals surface area contributed by atoms with Gasteiger partial charge in [-0.1, -0.05) is 41.4 Å². The lowest BCUT2D eigenvalue weighted by molar-refractivity contribution is -0.131. The summed E-state index contributed by atoms with van der Waals surface area (Å²) in [5.41, 5.74) is 2.81. The van der Waals surface area contributed by atoms with Crippen molar-refractivity contribution < 1.29 is 9.59 Å². The van der Waals surface area contributed by atoms with Crippen LogP contribution in [0.5, 0.6) is 0 Å². The molecule has 2 amide bonds. The number of benzene rings is 2. The van der Waals surface area contributed by atoms with Gasteiger partial charge < -0.3 is 10.2 Å². The Morgan fingerprint density at radius 2 is 1.74 bits per heavy atom. The van der Waals surface area contributed by atoms with E-state index < -0.39 is 0 Å². The van der Waals surface area contributed by atoms with E-state index >= 15 is 0 Å². The number of amides is 2. The monoisotopic (exact) mass is 385 g/mol. The Hall–Kier alpha value is -2.37. The molecule has 1 heterocycles. The average Bonchev–Trinajstić information content (AvgIpc) is 2.68. The van der Waals surface area contributed by atoms with Crippen LogP contribution in [0.15, 0.2) is 48.5 Å². The Balaban J connectivity index is 1.43. The second kappa shape index (κ2) is 9.02. The number of piperazine rings is 1. The van der Waals surface area contributed by atoms with E-state index in [-0.39, 0.29) is 18.4 Å². The molecule has 27 heavy (non-hydrogen) atoms. The Morgan fingerprint density at radius 1 is 1.04 bits per heavy atom. The van der Waals surface area contributed by atoms with E-state index in [4.69, 9.17) is 11.6 Å². The van der Waals surface area contributed by atoms with Crippen molar-refractivity contribution in [1.29, 1.82) is 0 Å². The summed E-state index contributed by atoms with van der Waals surface area (Å²) in [5, 5.41) is 3.46. The summed E-state index contributed by atoms with van der Waals surface area (Å²) in [6, 6.07) is 15.2. The Kier molecular flexibility index (Phi) is 6.48. The largest absolute Gasteiger partial charge is 0.343 e. The molecule has 1 fully saturated rings. The third-order valence-electron chi connectivity index (χ3n) is 4.72. The predicted octanol–water partition coefficient (Wildman–Crippen LogP) is 2.72. The zero-order valence-corrected chi connectivity index (χ0v) is 16.2. The normalized spacial score (nSPS) is 14.8. The van der Waals surface area contributed by atoms with E-state index in [1.165, 1.54) is 5.56 Å². The van der Waals surface area contributed by atoms with Gasteiger partial charge in [0.05, 0.1) is 6.54 Å². The van der Waals surface area contributed by atoms with Crippen molar-refractivity contribution in [1.82, 2.24) is 15.1 Å². The minimum atomic E-state index is -0.214. The molecule has 1 aliphatic heterocycles. The van der Waals surface area contributed by atoms with Crippen molar-refractivity contribution >= 4 is 23.4 Å². The first kappa shape index (κ1) is 19.4. The molecule has 0 atom stereocenters. The number of hydrogen-bond donors (Lipinski definition) is 1. The summed E-state index contributed by atoms with van der Waals surface area (Å²) in [6.07, 6.45) is 0. The van der Waals surface area contributed by atoms with Crippen LogP contribution >= 0.6 is 11.6 Å². The highest BCUT2D eigenvalue weighted by Gasteiger charge is 2.21. The van der Waals surface area contributed by atoms with Gasteiger partial charge in [-0.3, -0.25) is 14.5 Å². The number of carbonyl (C=O) groups is 2. The molecule has 1 saturated heterocycles. The number of nitrogens with one attached hydrogen (secondary N) is 1. The van der Waals surface area contributed by atoms with Crippen LogP contribution in [-0.4, -0.2) is 54.3 Å². The maximum atomic E-state index is 12.4. The molecule has 5 nitrogen and oxygen atoms in total. The molecular weight excluding hydrogens is 362 g/mol. The molecular formula is C21H24ClN3O2. The van der Waals surface area contributed by atoms with Crippen LogP contribution in [0.1, 0.15) is 21.5 Å². The number of hydrogen-bond acceptors (Lipinski definition) is 3. The van der Waals surface area contributed by atoms with Crippen LogP contribution in [0, 0.1) is 6.92 Å². The lowest BCUT2D eigenvalue weighted by Gasteiger charge is -2.34. The van der Waals surface area contributed by atoms with Crippen molar-refractivity contribution in [2.24, 2.45) is 0 Å². The van der Waals surface area contributed by atoms with Crippen molar-refractivity contribution in [3.63, 3.8) is 0 Å². The summed E-state index contributed by atoms with van der Waals surface area (Å²) in [7, 11) is 0. The van der Waals surface area contributed by atoms with Crippen molar-refractivity contribution in [3.8, 4) is 0 Å². The van der Waals surface area contributed by atoms with Gasteiger partial charge >= 0.3 is 0 Å². The van der Waals surface area contributed by atoms with E-state index in [1.54, 1.807) is 6.07 Å². The molecule has 2 aromatic carbocycles. The van der Waals surface area contributed by atoms with Crippen molar-refractivity contribution in [2.75, 3.05) is 32.7 Å². The van der Waals surface area contributed by atoms with Gasteiger partial charge in [-0.05, 0) is 36.8 Å². The van der Waals surface area contributed by atoms with Gasteiger partial charge in [0.2, 0.25) is 5.91 Å². The highest BCUT2D eigenvalue weighted by molar-refractivity contribution is 6.30. The van der Waals surface area contributed by atoms with Crippen LogP contribution < -0.4 is 5.32 Å². The average molecular weight is 386 g/mol. The fourth-order valence-corrected chi connectivity index (χ4v) is 3.29. The highest BCUT2D eigenvalue weighted by atomic mass is 35.5. The molecule has 0 unspecified atom stereocenters. The molecule has 142 valence electrons. The van der Waals surface area contributed by atoms with Crippen molar-refractivity contribution in [2.45, 2.75) is 13.5 Å². The standard InChI is InChI=1S/C21H24ClN3O2/c1-16-3-2-4-18(13-16)21(27)23-14-20(26)25-11-9-24(10-12-25)15-17-5-7-19(22)8-6-17/h2-8,13H,9-12,14-15H2,1H3,(H,23,27). The lowest BCUT2D eigenvalue weighted by atomic mass is 10.1. The molecule has 0 radical (unpaired) electrons. The van der Waals surface area contributed by atoms with Gasteiger partial charge in [0.15, 0.2) is 0 Å². The van der Waals surface area contributed by atoms with E-state index in [2.05, 4.69) is 10.2 Å². The SMILES string of the molecule is Cc1cccc(C(=O)NCC(=O)N2CCN(Cc3ccc(Cl)cc3)CC2)c1. The molecule has 0 aromatic heterocycles. The molecule has 0 bridgehead atoms. The van der Waals surface area contributed by atoms with Gasteiger partial charge in [0.25, 0.3) is 5.91 Å². The number of halogens is 1. The zero-order chi connectivity index (χ0) is 19.2. The lowest BCUT2D eigenvalue weighted by Crippen LogP contribution is -2.50. The van der Waals surface area contributed by atoms with Gasteiger partial charge in [0, 0.05) is 43.3 Å². The maximum Gasteiger partial charge on any atom is 0.251 e. The summed E-state index contributed by atoms with van der Waals surface area (Å²) in [6.45, 7) is 5.80. The molecule has 0 aliphatic carbocycles. The van der Waals surface area contributed by atoms with Gasteiger partial charge in [-0.15, -0.1) is 0 Å². The fraction of sp³-hybridized carbons (Fsp3) is 0.333. The number of nitrogens with zero attached hydrogens (tertiary/aromatic N) is 2. The minimum absolute atomic E-state index is 0.0317. The van der Waals surface area contributed by atoms with Crippen LogP contribution in [0.4, 0.5) is 0 Å². The van der Waals surface area contributed by atoms with Crippen LogP contribution in [0.25, 0.3) is 0 Å². The molecule has 1 aliphatic rings. The molecule has 2 aromatic rings. The summed E-state index contributed by atoms with van der Waals surface area (Å²) < 4.78 is 0. The van der Waals surface area contributed by atoms with Crippen LogP contribution in [0.3, 0.4) is 0 Å². The molecule has 1 N–H and O–H groups in total. The number of aryl methyl sites for hydroxylation is 1. The fourth-order valence-electron chi connectivity index (χ4n) is 3.16. The zero-order valence-electron chi connectivity index (χ0n) is 15.5. The molecule has 3 rings (SSSR count). The maximum absolute atomic E-state index is 12.4. The number of rotatable bonds is 5. The highest BCUT2D eigenvalue weighted by Crippen LogP contribution is 2.13. The Labute approximate surface area is 164 Å². The second-order valence-electron chi connectivity index (χ2n) is 6.84. The molecule has 0 saturated carbocycles. The Bertz CT molecular complexity index is 799. The van der Waals surface area contributed by atoms with E-state index in [1.807, 2.05) is 54.3 Å². The summed E-state index contributed by atoms with van der Waals surface area (Å²) >= 11 is 5.92. The second-order valence-corrected chi connectivity index (χ2v) is 7.27. The van der Waals surface area contributed by atoms with Gasteiger partial charge in [-0.2, -0.15) is 0 Å². The third kappa shape index (κ3) is 5.55. The van der Waals surface area contributed by atoms with E-state index in [9.17, 15) is 9.59 Å². The van der Waals surface area contributed by atoms with Crippen molar-refractivity contribution in [3.05, 3.63) is 70.2 Å². The predicted molar refractivity (Wildman–Crippen MR) is 107 cm³/mol. The third-order valence-corrected chi connectivity index (χ3v) is 4.98. The topological polar surface area (TPSA) is 52.7 Å². The summed E-state index contributed by atoms with van der Waals surface area (Å²) in [5.74, 6) is -0.254. The molecule has 0 spiro atoms. The number of carbonyl (C=O) groups excluding carboxylic acids is 2. The van der Waals surface area contributed by atoms with E-state index in [0.717, 1.165) is 30.2 Å². The van der Waals surface area contributed by atoms with Crippen LogP contribution in [-0.2, 0) is 11.3 Å².